The highest BCUT2D eigenvalue weighted by molar-refractivity contribution is 5.83. The van der Waals surface area contributed by atoms with E-state index < -0.39 is 0 Å². The van der Waals surface area contributed by atoms with E-state index in [1.165, 1.54) is 18.8 Å². The summed E-state index contributed by atoms with van der Waals surface area (Å²) in [4.78, 5) is 11.1. The summed E-state index contributed by atoms with van der Waals surface area (Å²) in [5.74, 6) is 0.401. The lowest BCUT2D eigenvalue weighted by molar-refractivity contribution is -0.134. The molecule has 0 aliphatic heterocycles. The van der Waals surface area contributed by atoms with Crippen molar-refractivity contribution < 1.29 is 14.6 Å². The molecule has 100 valence electrons. The molecule has 0 aromatic rings. The van der Waals surface area contributed by atoms with Crippen molar-refractivity contribution >= 4 is 5.97 Å². The maximum absolute atomic E-state index is 11.1. The van der Waals surface area contributed by atoms with Crippen LogP contribution in [-0.4, -0.2) is 24.3 Å². The molecule has 0 heterocycles. The lowest BCUT2D eigenvalue weighted by atomic mass is 9.78. The highest BCUT2D eigenvalue weighted by Gasteiger charge is 2.23. The number of aliphatic hydroxyl groups is 1. The number of esters is 1. The normalized spacial score (nSPS) is 29.3. The first-order chi connectivity index (χ1) is 8.43. The number of aliphatic hydroxyl groups excluding tert-OH is 1. The quantitative estimate of drug-likeness (QED) is 0.362. The third kappa shape index (κ3) is 4.15. The number of rotatable bonds is 3. The van der Waals surface area contributed by atoms with Crippen LogP contribution < -0.4 is 0 Å². The molecule has 0 aromatic carbocycles. The van der Waals surface area contributed by atoms with Crippen LogP contribution in [-0.2, 0) is 9.53 Å². The number of ether oxygens (including phenoxy) is 1. The molecular formula is C15H22O3. The molecule has 0 aromatic heterocycles. The molecule has 1 N–H and O–H groups in total. The Labute approximate surface area is 109 Å². The van der Waals surface area contributed by atoms with Crippen LogP contribution >= 0.6 is 0 Å². The lowest BCUT2D eigenvalue weighted by Crippen LogP contribution is -2.23. The van der Waals surface area contributed by atoms with E-state index in [2.05, 4.69) is 17.7 Å². The second kappa shape index (κ2) is 6.55. The number of carbonyl (C=O) groups excluding carboxylic acids is 1. The number of carbonyl (C=O) groups is 1. The van der Waals surface area contributed by atoms with Gasteiger partial charge in [-0.3, -0.25) is 0 Å². The fourth-order valence-electron chi connectivity index (χ4n) is 2.35. The van der Waals surface area contributed by atoms with E-state index in [0.717, 1.165) is 12.0 Å². The fourth-order valence-corrected chi connectivity index (χ4v) is 2.35. The van der Waals surface area contributed by atoms with E-state index in [1.807, 2.05) is 26.0 Å². The zero-order valence-electron chi connectivity index (χ0n) is 11.5. The monoisotopic (exact) mass is 250 g/mol. The molecule has 0 radical (unpaired) electrons. The Morgan fingerprint density at radius 1 is 1.56 bits per heavy atom. The zero-order chi connectivity index (χ0) is 13.7. The summed E-state index contributed by atoms with van der Waals surface area (Å²) in [6.45, 7) is 6.04. The van der Waals surface area contributed by atoms with Gasteiger partial charge in [-0.15, -0.1) is 0 Å². The van der Waals surface area contributed by atoms with Crippen molar-refractivity contribution in [2.45, 2.75) is 33.3 Å². The summed E-state index contributed by atoms with van der Waals surface area (Å²) in [6, 6.07) is 0. The number of allylic oxidation sites excluding steroid dienone is 4. The van der Waals surface area contributed by atoms with E-state index in [1.54, 1.807) is 0 Å². The van der Waals surface area contributed by atoms with Crippen LogP contribution in [0.25, 0.3) is 0 Å². The summed E-state index contributed by atoms with van der Waals surface area (Å²) in [5, 5.41) is 9.62. The Morgan fingerprint density at radius 3 is 2.78 bits per heavy atom. The molecule has 3 heteroatoms. The van der Waals surface area contributed by atoms with E-state index in [4.69, 9.17) is 0 Å². The average molecular weight is 250 g/mol. The maximum atomic E-state index is 11.1. The molecule has 0 saturated carbocycles. The highest BCUT2D eigenvalue weighted by atomic mass is 16.5. The van der Waals surface area contributed by atoms with Crippen LogP contribution in [0.2, 0.25) is 0 Å². The average Bonchev–Trinajstić information content (AvgIpc) is 2.27. The van der Waals surface area contributed by atoms with Gasteiger partial charge in [-0.1, -0.05) is 30.7 Å². The van der Waals surface area contributed by atoms with Crippen molar-refractivity contribution in [3.8, 4) is 0 Å². The zero-order valence-corrected chi connectivity index (χ0v) is 11.5. The molecule has 0 saturated heterocycles. The predicted octanol–water partition coefficient (Wildman–Crippen LogP) is 2.63. The molecule has 0 amide bonds. The third-order valence-corrected chi connectivity index (χ3v) is 3.32. The van der Waals surface area contributed by atoms with E-state index in [0.29, 0.717) is 11.8 Å². The van der Waals surface area contributed by atoms with Crippen molar-refractivity contribution in [1.29, 1.82) is 0 Å². The van der Waals surface area contributed by atoms with Gasteiger partial charge >= 0.3 is 5.97 Å². The van der Waals surface area contributed by atoms with Gasteiger partial charge in [0.05, 0.1) is 13.2 Å². The molecule has 3 nitrogen and oxygen atoms in total. The molecule has 0 bridgehead atoms. The number of hydrogen-bond donors (Lipinski definition) is 1. The van der Waals surface area contributed by atoms with Gasteiger partial charge in [-0.25, -0.2) is 4.79 Å². The van der Waals surface area contributed by atoms with Crippen LogP contribution in [0.4, 0.5) is 0 Å². The summed E-state index contributed by atoms with van der Waals surface area (Å²) in [6.07, 6.45) is 7.87. The van der Waals surface area contributed by atoms with Gasteiger partial charge in [-0.2, -0.15) is 0 Å². The Bertz CT molecular complexity index is 391. The third-order valence-electron chi connectivity index (χ3n) is 3.32. The van der Waals surface area contributed by atoms with Crippen molar-refractivity contribution in [1.82, 2.24) is 0 Å². The first-order valence-corrected chi connectivity index (χ1v) is 6.25. The first kappa shape index (κ1) is 14.7. The Kier molecular flexibility index (Phi) is 5.35. The van der Waals surface area contributed by atoms with Crippen LogP contribution in [0.5, 0.6) is 0 Å². The fraction of sp³-hybridized carbons (Fsp3) is 0.533. The number of hydrogen-bond acceptors (Lipinski definition) is 3. The first-order valence-electron chi connectivity index (χ1n) is 6.25. The van der Waals surface area contributed by atoms with Gasteiger partial charge in [0.2, 0.25) is 0 Å². The van der Waals surface area contributed by atoms with Crippen molar-refractivity contribution in [3.05, 3.63) is 35.5 Å². The molecule has 3 unspecified atom stereocenters. The summed E-state index contributed by atoms with van der Waals surface area (Å²) < 4.78 is 4.58. The van der Waals surface area contributed by atoms with Gasteiger partial charge in [0.15, 0.2) is 0 Å². The van der Waals surface area contributed by atoms with Gasteiger partial charge in [0.1, 0.15) is 0 Å². The standard InChI is InChI=1S/C15H22O3/c1-10(7-15(17)18-4)5-6-14-11(2)8-13(16)9-12(14)3/h5-8,12-14,16H,9H2,1-4H3/b6-5+,10-7-. The summed E-state index contributed by atoms with van der Waals surface area (Å²) >= 11 is 0. The Hall–Kier alpha value is -1.35. The highest BCUT2D eigenvalue weighted by Crippen LogP contribution is 2.31. The van der Waals surface area contributed by atoms with Crippen molar-refractivity contribution in [3.63, 3.8) is 0 Å². The topological polar surface area (TPSA) is 46.5 Å². The maximum Gasteiger partial charge on any atom is 0.330 e. The van der Waals surface area contributed by atoms with Crippen LogP contribution in [0.1, 0.15) is 27.2 Å². The van der Waals surface area contributed by atoms with Crippen LogP contribution in [0.3, 0.4) is 0 Å². The molecule has 0 fully saturated rings. The minimum Gasteiger partial charge on any atom is -0.466 e. The number of methoxy groups -OCH3 is 1. The van der Waals surface area contributed by atoms with Crippen LogP contribution in [0, 0.1) is 11.8 Å². The van der Waals surface area contributed by atoms with Crippen LogP contribution in [0.15, 0.2) is 35.5 Å². The Morgan fingerprint density at radius 2 is 2.22 bits per heavy atom. The van der Waals surface area contributed by atoms with Gasteiger partial charge in [-0.05, 0) is 31.8 Å². The van der Waals surface area contributed by atoms with E-state index in [9.17, 15) is 9.90 Å². The minimum absolute atomic E-state index is 0.323. The lowest BCUT2D eigenvalue weighted by Gasteiger charge is -2.29. The molecule has 18 heavy (non-hydrogen) atoms. The summed E-state index contributed by atoms with van der Waals surface area (Å²) in [7, 11) is 1.37. The molecule has 0 spiro atoms. The van der Waals surface area contributed by atoms with Gasteiger partial charge < -0.3 is 9.84 Å². The smallest absolute Gasteiger partial charge is 0.330 e. The molecule has 1 aliphatic carbocycles. The Balaban J connectivity index is 2.75. The minimum atomic E-state index is -0.337. The molecular weight excluding hydrogens is 228 g/mol. The van der Waals surface area contributed by atoms with E-state index in [-0.39, 0.29) is 12.1 Å². The SMILES string of the molecule is COC(=O)/C=C(C)\C=C\C1C(C)=CC(O)CC1C. The van der Waals surface area contributed by atoms with Gasteiger partial charge in [0.25, 0.3) is 0 Å². The second-order valence-corrected chi connectivity index (χ2v) is 4.99. The van der Waals surface area contributed by atoms with Crippen molar-refractivity contribution in [2.24, 2.45) is 11.8 Å². The predicted molar refractivity (Wildman–Crippen MR) is 71.9 cm³/mol. The molecule has 1 rings (SSSR count). The second-order valence-electron chi connectivity index (χ2n) is 4.99. The summed E-state index contributed by atoms with van der Waals surface area (Å²) in [5.41, 5.74) is 2.05. The van der Waals surface area contributed by atoms with Gasteiger partial charge in [0, 0.05) is 12.0 Å². The molecule has 3 atom stereocenters. The molecule has 1 aliphatic rings. The largest absolute Gasteiger partial charge is 0.466 e. The van der Waals surface area contributed by atoms with E-state index >= 15 is 0 Å². The van der Waals surface area contributed by atoms with Crippen molar-refractivity contribution in [2.75, 3.05) is 7.11 Å².